The van der Waals surface area contributed by atoms with Crippen LogP contribution in [-0.4, -0.2) is 36.2 Å². The summed E-state index contributed by atoms with van der Waals surface area (Å²) in [5, 5.41) is 0. The van der Waals surface area contributed by atoms with Gasteiger partial charge in [0.25, 0.3) is 0 Å². The molecule has 0 unspecified atom stereocenters. The van der Waals surface area contributed by atoms with Gasteiger partial charge in [0.15, 0.2) is 0 Å². The molecule has 0 saturated heterocycles. The molecule has 6 nitrogen and oxygen atoms in total. The van der Waals surface area contributed by atoms with E-state index in [0.29, 0.717) is 24.2 Å². The van der Waals surface area contributed by atoms with Gasteiger partial charge in [0.05, 0.1) is 0 Å². The van der Waals surface area contributed by atoms with Gasteiger partial charge in [-0.05, 0) is 68.3 Å². The summed E-state index contributed by atoms with van der Waals surface area (Å²) in [4.78, 5) is 35.0. The second-order valence-electron chi connectivity index (χ2n) is 9.96. The molecule has 6 heteroatoms. The summed E-state index contributed by atoms with van der Waals surface area (Å²) < 4.78 is 17.0. The van der Waals surface area contributed by atoms with Gasteiger partial charge in [-0.2, -0.15) is 0 Å². The Morgan fingerprint density at radius 2 is 1.57 bits per heavy atom. The second-order valence-corrected chi connectivity index (χ2v) is 9.96. The normalized spacial score (nSPS) is 40.0. The molecule has 0 N–H and O–H groups in total. The van der Waals surface area contributed by atoms with Crippen LogP contribution >= 0.6 is 0 Å². The van der Waals surface area contributed by atoms with E-state index in [0.717, 1.165) is 44.9 Å². The maximum absolute atomic E-state index is 11.9. The first-order chi connectivity index (χ1) is 14.2. The highest BCUT2D eigenvalue weighted by Crippen LogP contribution is 2.62. The van der Waals surface area contributed by atoms with Crippen molar-refractivity contribution in [3.05, 3.63) is 11.1 Å². The zero-order valence-electron chi connectivity index (χ0n) is 18.6. The van der Waals surface area contributed by atoms with Crippen LogP contribution in [0.4, 0.5) is 0 Å². The van der Waals surface area contributed by atoms with E-state index in [1.807, 2.05) is 0 Å². The number of hydrogen-bond donors (Lipinski definition) is 0. The average molecular weight is 419 g/mol. The topological polar surface area (TPSA) is 78.9 Å². The quantitative estimate of drug-likeness (QED) is 0.390. The van der Waals surface area contributed by atoms with Crippen molar-refractivity contribution in [3.63, 3.8) is 0 Å². The Balaban J connectivity index is 1.62. The van der Waals surface area contributed by atoms with Gasteiger partial charge in [0, 0.05) is 32.6 Å². The minimum absolute atomic E-state index is 0.000612. The zero-order valence-corrected chi connectivity index (χ0v) is 18.6. The molecule has 4 rings (SSSR count). The Bertz CT molecular complexity index is 770. The fourth-order valence-electron chi connectivity index (χ4n) is 7.16. The van der Waals surface area contributed by atoms with Gasteiger partial charge in [0.2, 0.25) is 0 Å². The molecule has 7 atom stereocenters. The lowest BCUT2D eigenvalue weighted by molar-refractivity contribution is -0.157. The van der Waals surface area contributed by atoms with Crippen molar-refractivity contribution >= 4 is 17.9 Å². The minimum atomic E-state index is -0.261. The molecule has 166 valence electrons. The van der Waals surface area contributed by atoms with Crippen molar-refractivity contribution in [1.82, 2.24) is 0 Å². The van der Waals surface area contributed by atoms with Crippen LogP contribution in [0.1, 0.15) is 79.1 Å². The number of ether oxygens (including phenoxy) is 3. The number of carbonyl (C=O) groups is 3. The van der Waals surface area contributed by atoms with E-state index in [2.05, 4.69) is 6.92 Å². The number of esters is 3. The fourth-order valence-corrected chi connectivity index (χ4v) is 7.16. The van der Waals surface area contributed by atoms with Crippen molar-refractivity contribution in [3.8, 4) is 0 Å². The number of carbonyl (C=O) groups excluding carboxylic acids is 3. The van der Waals surface area contributed by atoms with Crippen molar-refractivity contribution in [1.29, 1.82) is 0 Å². The Hall–Kier alpha value is -1.85. The number of hydrogen-bond acceptors (Lipinski definition) is 6. The molecule has 2 saturated carbocycles. The first-order valence-electron chi connectivity index (χ1n) is 11.4. The highest BCUT2D eigenvalue weighted by molar-refractivity contribution is 5.67. The molecule has 0 radical (unpaired) electrons. The zero-order chi connectivity index (χ0) is 21.6. The van der Waals surface area contributed by atoms with E-state index in [1.54, 1.807) is 0 Å². The van der Waals surface area contributed by atoms with Crippen LogP contribution in [0.25, 0.3) is 0 Å². The van der Waals surface area contributed by atoms with Gasteiger partial charge in [-0.1, -0.05) is 12.5 Å². The Morgan fingerprint density at radius 3 is 2.23 bits per heavy atom. The molecule has 0 heterocycles. The van der Waals surface area contributed by atoms with Crippen LogP contribution in [-0.2, 0) is 28.6 Å². The molecule has 0 aromatic carbocycles. The first-order valence-corrected chi connectivity index (χ1v) is 11.4. The summed E-state index contributed by atoms with van der Waals surface area (Å²) >= 11 is 0. The summed E-state index contributed by atoms with van der Waals surface area (Å²) in [7, 11) is 0. The second kappa shape index (κ2) is 8.01. The summed E-state index contributed by atoms with van der Waals surface area (Å²) in [6.07, 6.45) is 6.99. The van der Waals surface area contributed by atoms with Gasteiger partial charge < -0.3 is 14.2 Å². The molecule has 0 amide bonds. The van der Waals surface area contributed by atoms with E-state index in [4.69, 9.17) is 14.2 Å². The molecule has 0 spiro atoms. The predicted molar refractivity (Wildman–Crippen MR) is 109 cm³/mol. The van der Waals surface area contributed by atoms with Crippen molar-refractivity contribution in [2.45, 2.75) is 97.4 Å². The van der Waals surface area contributed by atoms with Crippen LogP contribution in [0.3, 0.4) is 0 Å². The Kier molecular flexibility index (Phi) is 5.71. The molecule has 0 aromatic rings. The van der Waals surface area contributed by atoms with E-state index in [-0.39, 0.29) is 41.6 Å². The van der Waals surface area contributed by atoms with Gasteiger partial charge in [-0.25, -0.2) is 0 Å². The fraction of sp³-hybridized carbons (Fsp3) is 0.792. The van der Waals surface area contributed by atoms with Gasteiger partial charge >= 0.3 is 17.9 Å². The molecule has 30 heavy (non-hydrogen) atoms. The lowest BCUT2D eigenvalue weighted by atomic mass is 9.53. The Morgan fingerprint density at radius 1 is 0.867 bits per heavy atom. The van der Waals surface area contributed by atoms with E-state index in [1.165, 1.54) is 31.9 Å². The SMILES string of the molecule is CC(=O)O[C@H]1CCC2=C(C1)[C@H](OC(C)=O)C[C@@H]1[C@@H]2CC[C@]2(C)[C@@H](OC(C)=O)CC[C@@H]12. The largest absolute Gasteiger partial charge is 0.462 e. The summed E-state index contributed by atoms with van der Waals surface area (Å²) in [6.45, 7) is 6.71. The standard InChI is InChI=1S/C24H34O6/c1-13(25)28-16-5-6-17-18-9-10-24(4)21(7-8-23(24)30-15(3)27)19(18)12-22(20(17)11-16)29-14(2)26/h16,18-19,21-23H,5-12H2,1-4H3/t16-,18+,19+,21-,22+,23-,24-/m0/s1. The Labute approximate surface area is 178 Å². The summed E-state index contributed by atoms with van der Waals surface area (Å²) in [5.74, 6) is 0.704. The molecule has 0 aliphatic heterocycles. The first kappa shape index (κ1) is 21.4. The third-order valence-corrected chi connectivity index (χ3v) is 8.22. The van der Waals surface area contributed by atoms with E-state index < -0.39 is 0 Å². The number of fused-ring (bicyclic) bond motifs is 4. The monoisotopic (exact) mass is 418 g/mol. The molecule has 0 bridgehead atoms. The van der Waals surface area contributed by atoms with Crippen LogP contribution in [0, 0.1) is 23.2 Å². The van der Waals surface area contributed by atoms with Gasteiger partial charge in [-0.3, -0.25) is 14.4 Å². The van der Waals surface area contributed by atoms with Crippen LogP contribution in [0.15, 0.2) is 11.1 Å². The lowest BCUT2D eigenvalue weighted by Crippen LogP contribution is -2.49. The number of allylic oxidation sites excluding steroid dienone is 1. The molecular formula is C24H34O6. The highest BCUT2D eigenvalue weighted by Gasteiger charge is 2.58. The predicted octanol–water partition coefficient (Wildman–Crippen LogP) is 4.11. The third kappa shape index (κ3) is 3.78. The lowest BCUT2D eigenvalue weighted by Gasteiger charge is -2.53. The maximum Gasteiger partial charge on any atom is 0.303 e. The van der Waals surface area contributed by atoms with Crippen LogP contribution in [0.2, 0.25) is 0 Å². The number of rotatable bonds is 3. The van der Waals surface area contributed by atoms with Gasteiger partial charge in [-0.15, -0.1) is 0 Å². The third-order valence-electron chi connectivity index (χ3n) is 8.22. The van der Waals surface area contributed by atoms with Gasteiger partial charge in [0.1, 0.15) is 18.3 Å². The highest BCUT2D eigenvalue weighted by atomic mass is 16.6. The van der Waals surface area contributed by atoms with Crippen LogP contribution < -0.4 is 0 Å². The van der Waals surface area contributed by atoms with Crippen molar-refractivity contribution < 1.29 is 28.6 Å². The van der Waals surface area contributed by atoms with Crippen molar-refractivity contribution in [2.75, 3.05) is 0 Å². The smallest absolute Gasteiger partial charge is 0.303 e. The average Bonchev–Trinajstić information content (AvgIpc) is 2.97. The molecule has 0 aromatic heterocycles. The van der Waals surface area contributed by atoms with E-state index >= 15 is 0 Å². The van der Waals surface area contributed by atoms with E-state index in [9.17, 15) is 14.4 Å². The molecule has 2 fully saturated rings. The van der Waals surface area contributed by atoms with Crippen molar-refractivity contribution in [2.24, 2.45) is 23.2 Å². The minimum Gasteiger partial charge on any atom is -0.462 e. The summed E-state index contributed by atoms with van der Waals surface area (Å²) in [6, 6.07) is 0. The van der Waals surface area contributed by atoms with Crippen LogP contribution in [0.5, 0.6) is 0 Å². The summed E-state index contributed by atoms with van der Waals surface area (Å²) in [5.41, 5.74) is 2.64. The molecule has 4 aliphatic carbocycles. The maximum atomic E-state index is 11.9. The molecular weight excluding hydrogens is 384 g/mol. The molecule has 4 aliphatic rings.